The molecule has 1 fully saturated rings. The molecule has 0 spiro atoms. The molecule has 0 N–H and O–H groups in total. The van der Waals surface area contributed by atoms with Gasteiger partial charge in [0.2, 0.25) is 0 Å². The van der Waals surface area contributed by atoms with E-state index in [1.165, 1.54) is 59.5 Å². The fourth-order valence-corrected chi connectivity index (χ4v) is 5.32. The fraction of sp³-hybridized carbons (Fsp3) is 0.308. The number of benzene rings is 2. The molecule has 3 heteroatoms. The molecule has 1 atom stereocenters. The third-order valence-electron chi connectivity index (χ3n) is 6.08. The Morgan fingerprint density at radius 3 is 2.48 bits per heavy atom. The van der Waals surface area contributed by atoms with Crippen molar-refractivity contribution in [1.82, 2.24) is 4.90 Å². The van der Waals surface area contributed by atoms with Gasteiger partial charge in [-0.3, -0.25) is 4.90 Å². The summed E-state index contributed by atoms with van der Waals surface area (Å²) in [6, 6.07) is 21.9. The summed E-state index contributed by atoms with van der Waals surface area (Å²) >= 11 is 1.77. The van der Waals surface area contributed by atoms with Crippen molar-refractivity contribution in [3.05, 3.63) is 93.2 Å². The number of aryl methyl sites for hydroxylation is 1. The Balaban J connectivity index is 1.66. The molecule has 3 aromatic rings. The van der Waals surface area contributed by atoms with Crippen LogP contribution in [0.5, 0.6) is 5.75 Å². The first-order valence-corrected chi connectivity index (χ1v) is 11.5. The lowest BCUT2D eigenvalue weighted by molar-refractivity contribution is 0.242. The Morgan fingerprint density at radius 2 is 1.72 bits per heavy atom. The van der Waals surface area contributed by atoms with E-state index in [1.54, 1.807) is 11.3 Å². The van der Waals surface area contributed by atoms with Gasteiger partial charge in [0.05, 0.1) is 4.88 Å². The molecule has 2 aromatic carbocycles. The van der Waals surface area contributed by atoms with Crippen molar-refractivity contribution in [3.63, 3.8) is 0 Å². The number of ether oxygens (including phenoxy) is 1. The number of likely N-dealkylation sites (tertiary alicyclic amines) is 1. The van der Waals surface area contributed by atoms with Crippen LogP contribution in [0.1, 0.15) is 46.7 Å². The highest BCUT2D eigenvalue weighted by Crippen LogP contribution is 2.46. The minimum absolute atomic E-state index is 0.236. The molecule has 1 aromatic heterocycles. The molecular weight excluding hydrogens is 374 g/mol. The Morgan fingerprint density at radius 1 is 0.931 bits per heavy atom. The summed E-state index contributed by atoms with van der Waals surface area (Å²) in [7, 11) is 0. The molecule has 1 saturated heterocycles. The molecule has 148 valence electrons. The van der Waals surface area contributed by atoms with Gasteiger partial charge in [0.25, 0.3) is 0 Å². The van der Waals surface area contributed by atoms with Crippen LogP contribution in [0.25, 0.3) is 5.76 Å². The van der Waals surface area contributed by atoms with E-state index >= 15 is 0 Å². The van der Waals surface area contributed by atoms with Crippen molar-refractivity contribution in [1.29, 1.82) is 0 Å². The van der Waals surface area contributed by atoms with Crippen molar-refractivity contribution in [3.8, 4) is 5.75 Å². The lowest BCUT2D eigenvalue weighted by atomic mass is 9.81. The number of fused-ring (bicyclic) bond motifs is 1. The summed E-state index contributed by atoms with van der Waals surface area (Å²) in [4.78, 5) is 3.84. The third kappa shape index (κ3) is 3.77. The number of piperidine rings is 1. The zero-order chi connectivity index (χ0) is 19.6. The third-order valence-corrected chi connectivity index (χ3v) is 6.95. The van der Waals surface area contributed by atoms with Gasteiger partial charge in [-0.15, -0.1) is 11.3 Å². The van der Waals surface area contributed by atoms with Crippen LogP contribution in [-0.2, 0) is 0 Å². The minimum Gasteiger partial charge on any atom is -0.456 e. The Bertz CT molecular complexity index is 997. The molecule has 0 bridgehead atoms. The summed E-state index contributed by atoms with van der Waals surface area (Å²) < 4.78 is 6.57. The lowest BCUT2D eigenvalue weighted by Gasteiger charge is -2.35. The van der Waals surface area contributed by atoms with Gasteiger partial charge >= 0.3 is 0 Å². The molecule has 0 saturated carbocycles. The van der Waals surface area contributed by atoms with E-state index < -0.39 is 0 Å². The Kier molecular flexibility index (Phi) is 5.26. The summed E-state index contributed by atoms with van der Waals surface area (Å²) in [5, 5.41) is 2.14. The van der Waals surface area contributed by atoms with E-state index in [0.29, 0.717) is 0 Å². The summed E-state index contributed by atoms with van der Waals surface area (Å²) in [6.45, 7) is 5.50. The first kappa shape index (κ1) is 18.7. The van der Waals surface area contributed by atoms with Gasteiger partial charge in [-0.2, -0.15) is 0 Å². The average molecular weight is 402 g/mol. The molecule has 2 nitrogen and oxygen atoms in total. The van der Waals surface area contributed by atoms with Gasteiger partial charge in [-0.25, -0.2) is 0 Å². The second-order valence-electron chi connectivity index (χ2n) is 8.15. The van der Waals surface area contributed by atoms with E-state index in [9.17, 15) is 0 Å². The van der Waals surface area contributed by atoms with Gasteiger partial charge in [0.15, 0.2) is 0 Å². The molecule has 3 heterocycles. The van der Waals surface area contributed by atoms with Gasteiger partial charge in [0, 0.05) is 23.6 Å². The van der Waals surface area contributed by atoms with E-state index in [2.05, 4.69) is 77.9 Å². The maximum atomic E-state index is 6.57. The maximum absolute atomic E-state index is 6.57. The zero-order valence-electron chi connectivity index (χ0n) is 16.9. The molecular formula is C26H27NOS. The van der Waals surface area contributed by atoms with Crippen LogP contribution in [0, 0.1) is 6.92 Å². The standard InChI is InChI=1S/C26H27NOS/c1-19-11-13-20(14-12-19)25-21-8-3-4-9-23(21)28-26(24-10-7-17-29-24)22(25)18-27-15-5-2-6-16-27/h3-4,7-14,17,25H,2,5-6,15-16,18H2,1H3/t25-/m1/s1. The molecule has 0 radical (unpaired) electrons. The van der Waals surface area contributed by atoms with Crippen LogP contribution in [0.4, 0.5) is 0 Å². The molecule has 5 rings (SSSR count). The second-order valence-corrected chi connectivity index (χ2v) is 9.10. The second kappa shape index (κ2) is 8.17. The van der Waals surface area contributed by atoms with Crippen molar-refractivity contribution in [2.75, 3.05) is 19.6 Å². The number of rotatable bonds is 4. The van der Waals surface area contributed by atoms with Crippen molar-refractivity contribution in [2.45, 2.75) is 32.1 Å². The van der Waals surface area contributed by atoms with Crippen LogP contribution in [0.15, 0.2) is 71.6 Å². The van der Waals surface area contributed by atoms with Gasteiger partial charge in [-0.05, 0) is 55.9 Å². The molecule has 0 amide bonds. The van der Waals surface area contributed by atoms with E-state index in [1.807, 2.05) is 0 Å². The van der Waals surface area contributed by atoms with Crippen molar-refractivity contribution in [2.24, 2.45) is 0 Å². The smallest absolute Gasteiger partial charge is 0.146 e. The summed E-state index contributed by atoms with van der Waals surface area (Å²) in [5.74, 6) is 2.29. The number of thiophene rings is 1. The predicted molar refractivity (Wildman–Crippen MR) is 122 cm³/mol. The van der Waals surface area contributed by atoms with E-state index in [0.717, 1.165) is 18.1 Å². The first-order valence-electron chi connectivity index (χ1n) is 10.6. The number of nitrogens with zero attached hydrogens (tertiary/aromatic N) is 1. The molecule has 29 heavy (non-hydrogen) atoms. The minimum atomic E-state index is 0.236. The van der Waals surface area contributed by atoms with E-state index in [4.69, 9.17) is 4.74 Å². The summed E-state index contributed by atoms with van der Waals surface area (Å²) in [6.07, 6.45) is 3.95. The normalized spacial score (nSPS) is 19.7. The molecule has 2 aliphatic rings. The van der Waals surface area contributed by atoms with Crippen LogP contribution >= 0.6 is 11.3 Å². The monoisotopic (exact) mass is 401 g/mol. The molecule has 0 unspecified atom stereocenters. The molecule has 2 aliphatic heterocycles. The van der Waals surface area contributed by atoms with Crippen LogP contribution in [-0.4, -0.2) is 24.5 Å². The first-order chi connectivity index (χ1) is 14.3. The van der Waals surface area contributed by atoms with Crippen molar-refractivity contribution >= 4 is 17.1 Å². The molecule has 0 aliphatic carbocycles. The summed E-state index contributed by atoms with van der Waals surface area (Å²) in [5.41, 5.74) is 5.34. The lowest BCUT2D eigenvalue weighted by Crippen LogP contribution is -2.34. The van der Waals surface area contributed by atoms with Gasteiger partial charge in [0.1, 0.15) is 11.5 Å². The SMILES string of the molecule is Cc1ccc([C@H]2C(CN3CCCCC3)=C(c3cccs3)Oc3ccccc32)cc1. The number of hydrogen-bond acceptors (Lipinski definition) is 3. The highest BCUT2D eigenvalue weighted by atomic mass is 32.1. The largest absolute Gasteiger partial charge is 0.456 e. The number of para-hydroxylation sites is 1. The highest BCUT2D eigenvalue weighted by Gasteiger charge is 2.33. The van der Waals surface area contributed by atoms with Crippen molar-refractivity contribution < 1.29 is 4.74 Å². The zero-order valence-corrected chi connectivity index (χ0v) is 17.8. The maximum Gasteiger partial charge on any atom is 0.146 e. The topological polar surface area (TPSA) is 12.5 Å². The fourth-order valence-electron chi connectivity index (χ4n) is 4.58. The van der Waals surface area contributed by atoms with Crippen LogP contribution in [0.2, 0.25) is 0 Å². The van der Waals surface area contributed by atoms with Gasteiger partial charge in [-0.1, -0.05) is 60.5 Å². The van der Waals surface area contributed by atoms with E-state index in [-0.39, 0.29) is 5.92 Å². The number of hydrogen-bond donors (Lipinski definition) is 0. The van der Waals surface area contributed by atoms with Crippen LogP contribution in [0.3, 0.4) is 0 Å². The predicted octanol–water partition coefficient (Wildman–Crippen LogP) is 6.48. The average Bonchev–Trinajstić information content (AvgIpc) is 3.30. The Hall–Kier alpha value is -2.36. The van der Waals surface area contributed by atoms with Crippen LogP contribution < -0.4 is 4.74 Å². The quantitative estimate of drug-likeness (QED) is 0.496. The highest BCUT2D eigenvalue weighted by molar-refractivity contribution is 7.11. The van der Waals surface area contributed by atoms with Gasteiger partial charge < -0.3 is 4.74 Å². The Labute approximate surface area is 177 Å².